The maximum absolute atomic E-state index is 13.7. The predicted molar refractivity (Wildman–Crippen MR) is 167 cm³/mol. The molecule has 1 N–H and O–H groups in total. The van der Waals surface area contributed by atoms with Crippen LogP contribution < -0.4 is 4.74 Å². The maximum atomic E-state index is 13.7. The van der Waals surface area contributed by atoms with Crippen molar-refractivity contribution in [3.05, 3.63) is 55.0 Å². The van der Waals surface area contributed by atoms with Gasteiger partial charge in [-0.3, -0.25) is 9.78 Å². The number of aliphatic hydroxyl groups excluding tert-OH is 1. The molecule has 1 amide bonds. The number of carbonyl (C=O) groups excluding carboxylic acids is 1. The highest BCUT2D eigenvalue weighted by atomic mass is 16.5. The summed E-state index contributed by atoms with van der Waals surface area (Å²) in [6, 6.07) is 12.8. The Kier molecular flexibility index (Phi) is 6.97. The van der Waals surface area contributed by atoms with Gasteiger partial charge in [0, 0.05) is 98.1 Å². The topological polar surface area (TPSA) is 89.7 Å². The number of nitrogens with zero attached hydrogens (tertiary/aromatic N) is 4. The summed E-state index contributed by atoms with van der Waals surface area (Å²) in [5.41, 5.74) is 4.39. The SMILES string of the molecule is C[C@@H]1C2(COCCCCO)CC1(C(=O)N(C)C1CC(Oc3ccc(-c4ccc5c6cnccc6n(C)c5c4)cn3)C1)[C@@H]2C. The van der Waals surface area contributed by atoms with Gasteiger partial charge >= 0.3 is 0 Å². The summed E-state index contributed by atoms with van der Waals surface area (Å²) in [6.07, 6.45) is 9.96. The van der Waals surface area contributed by atoms with Gasteiger partial charge in [-0.15, -0.1) is 0 Å². The first kappa shape index (κ1) is 28.3. The van der Waals surface area contributed by atoms with Crippen molar-refractivity contribution in [2.24, 2.45) is 29.7 Å². The smallest absolute Gasteiger partial charge is 0.229 e. The number of aromatic nitrogens is 3. The minimum atomic E-state index is -0.238. The second-order valence-electron chi connectivity index (χ2n) is 13.2. The molecule has 0 radical (unpaired) electrons. The van der Waals surface area contributed by atoms with Gasteiger partial charge < -0.3 is 24.0 Å². The molecule has 4 aromatic rings. The summed E-state index contributed by atoms with van der Waals surface area (Å²) in [6.45, 7) is 6.07. The molecule has 2 bridgehead atoms. The Labute approximate surface area is 253 Å². The summed E-state index contributed by atoms with van der Waals surface area (Å²) in [5.74, 6) is 1.60. The van der Waals surface area contributed by atoms with Gasteiger partial charge in [0.25, 0.3) is 0 Å². The highest BCUT2D eigenvalue weighted by molar-refractivity contribution is 6.08. The van der Waals surface area contributed by atoms with Gasteiger partial charge in [-0.1, -0.05) is 26.0 Å². The molecule has 226 valence electrons. The van der Waals surface area contributed by atoms with Crippen molar-refractivity contribution in [3.8, 4) is 17.0 Å². The Hall–Kier alpha value is -3.49. The zero-order valence-electron chi connectivity index (χ0n) is 25.6. The minimum absolute atomic E-state index is 0.0703. The number of carbonyl (C=O) groups is 1. The van der Waals surface area contributed by atoms with Gasteiger partial charge in [0.1, 0.15) is 6.10 Å². The zero-order chi connectivity index (χ0) is 29.9. The Bertz CT molecular complexity index is 1650. The molecular formula is C35H42N4O4. The first-order valence-corrected chi connectivity index (χ1v) is 15.7. The zero-order valence-corrected chi connectivity index (χ0v) is 25.6. The van der Waals surface area contributed by atoms with E-state index in [4.69, 9.17) is 14.6 Å². The number of aryl methyl sites for hydroxylation is 1. The molecule has 0 unspecified atom stereocenters. The van der Waals surface area contributed by atoms with E-state index in [0.29, 0.717) is 30.2 Å². The van der Waals surface area contributed by atoms with Crippen molar-refractivity contribution in [2.45, 2.75) is 58.1 Å². The summed E-state index contributed by atoms with van der Waals surface area (Å²) < 4.78 is 14.4. The predicted octanol–water partition coefficient (Wildman–Crippen LogP) is 5.61. The number of pyridine rings is 2. The van der Waals surface area contributed by atoms with Crippen LogP contribution in [0.4, 0.5) is 0 Å². The summed E-state index contributed by atoms with van der Waals surface area (Å²) in [7, 11) is 4.06. The molecule has 43 heavy (non-hydrogen) atoms. The average molecular weight is 583 g/mol. The van der Waals surface area contributed by atoms with Gasteiger partial charge in [-0.2, -0.15) is 0 Å². The summed E-state index contributed by atoms with van der Waals surface area (Å²) in [4.78, 5) is 24.6. The number of aliphatic hydroxyl groups is 1. The quantitative estimate of drug-likeness (QED) is 0.231. The molecule has 0 aliphatic heterocycles. The lowest BCUT2D eigenvalue weighted by molar-refractivity contribution is -0.329. The Morgan fingerprint density at radius 1 is 1.05 bits per heavy atom. The molecule has 8 rings (SSSR count). The molecule has 4 aliphatic carbocycles. The van der Waals surface area contributed by atoms with Gasteiger partial charge in [-0.05, 0) is 54.9 Å². The molecule has 4 fully saturated rings. The van der Waals surface area contributed by atoms with Crippen LogP contribution in [-0.4, -0.2) is 69.5 Å². The number of unbranched alkanes of at least 4 members (excludes halogenated alkanes) is 1. The number of benzene rings is 1. The summed E-state index contributed by atoms with van der Waals surface area (Å²) in [5, 5.41) is 11.3. The number of fused-ring (bicyclic) bond motifs is 3. The molecule has 8 heteroatoms. The molecule has 0 spiro atoms. The third-order valence-electron chi connectivity index (χ3n) is 11.5. The largest absolute Gasteiger partial charge is 0.474 e. The number of hydrogen-bond donors (Lipinski definition) is 1. The van der Waals surface area contributed by atoms with Crippen LogP contribution in [0.15, 0.2) is 55.0 Å². The van der Waals surface area contributed by atoms with Crippen LogP contribution in [0.25, 0.3) is 32.9 Å². The highest BCUT2D eigenvalue weighted by Gasteiger charge is 2.82. The highest BCUT2D eigenvalue weighted by Crippen LogP contribution is 2.81. The number of ether oxygens (including phenoxy) is 2. The van der Waals surface area contributed by atoms with Crippen LogP contribution in [0.5, 0.6) is 5.88 Å². The first-order chi connectivity index (χ1) is 20.8. The molecule has 0 saturated heterocycles. The lowest BCUT2D eigenvalue weighted by Crippen LogP contribution is -2.82. The normalized spacial score (nSPS) is 29.1. The Morgan fingerprint density at radius 2 is 1.84 bits per heavy atom. The van der Waals surface area contributed by atoms with Crippen molar-refractivity contribution in [3.63, 3.8) is 0 Å². The maximum Gasteiger partial charge on any atom is 0.229 e. The van der Waals surface area contributed by atoms with E-state index in [1.165, 1.54) is 16.4 Å². The second-order valence-corrected chi connectivity index (χ2v) is 13.2. The van der Waals surface area contributed by atoms with E-state index >= 15 is 0 Å². The van der Waals surface area contributed by atoms with Crippen LogP contribution >= 0.6 is 0 Å². The van der Waals surface area contributed by atoms with Gasteiger partial charge in [-0.25, -0.2) is 4.98 Å². The van der Waals surface area contributed by atoms with Crippen LogP contribution in [0.3, 0.4) is 0 Å². The fourth-order valence-corrected chi connectivity index (χ4v) is 8.37. The van der Waals surface area contributed by atoms with Crippen LogP contribution in [0.1, 0.15) is 46.0 Å². The summed E-state index contributed by atoms with van der Waals surface area (Å²) >= 11 is 0. The number of amides is 1. The van der Waals surface area contributed by atoms with Crippen molar-refractivity contribution in [1.82, 2.24) is 19.4 Å². The van der Waals surface area contributed by atoms with Crippen molar-refractivity contribution in [2.75, 3.05) is 26.9 Å². The van der Waals surface area contributed by atoms with E-state index in [2.05, 4.69) is 59.7 Å². The third kappa shape index (κ3) is 4.20. The first-order valence-electron chi connectivity index (χ1n) is 15.7. The molecule has 3 heterocycles. The number of rotatable bonds is 11. The van der Waals surface area contributed by atoms with E-state index in [1.807, 2.05) is 42.7 Å². The van der Waals surface area contributed by atoms with Gasteiger partial charge in [0.2, 0.25) is 11.8 Å². The lowest BCUT2D eigenvalue weighted by atomic mass is 9.24. The fraction of sp³-hybridized carbons (Fsp3) is 0.514. The van der Waals surface area contributed by atoms with E-state index in [9.17, 15) is 4.79 Å². The van der Waals surface area contributed by atoms with Crippen LogP contribution in [-0.2, 0) is 16.6 Å². The fourth-order valence-electron chi connectivity index (χ4n) is 8.37. The van der Waals surface area contributed by atoms with Crippen molar-refractivity contribution in [1.29, 1.82) is 0 Å². The monoisotopic (exact) mass is 582 g/mol. The van der Waals surface area contributed by atoms with E-state index < -0.39 is 0 Å². The number of hydrogen-bond acceptors (Lipinski definition) is 6. The molecule has 4 aliphatic rings. The Morgan fingerprint density at radius 3 is 2.56 bits per heavy atom. The Balaban J connectivity index is 0.928. The molecule has 3 aromatic heterocycles. The van der Waals surface area contributed by atoms with Gasteiger partial charge in [0.15, 0.2) is 0 Å². The molecule has 2 atom stereocenters. The van der Waals surface area contributed by atoms with Crippen molar-refractivity contribution >= 4 is 27.7 Å². The van der Waals surface area contributed by atoms with Crippen molar-refractivity contribution < 1.29 is 19.4 Å². The average Bonchev–Trinajstić information content (AvgIpc) is 3.30. The lowest BCUT2D eigenvalue weighted by Gasteiger charge is -2.79. The van der Waals surface area contributed by atoms with Crippen LogP contribution in [0.2, 0.25) is 0 Å². The molecule has 4 saturated carbocycles. The second kappa shape index (κ2) is 10.6. The molecular weight excluding hydrogens is 540 g/mol. The van der Waals surface area contributed by atoms with E-state index in [1.54, 1.807) is 0 Å². The van der Waals surface area contributed by atoms with Gasteiger partial charge in [0.05, 0.1) is 17.5 Å². The third-order valence-corrected chi connectivity index (χ3v) is 11.5. The minimum Gasteiger partial charge on any atom is -0.474 e. The standard InChI is InChI=1S/C35H42N4O4/c1-22-34(21-42-14-6-5-13-40)20-35(22,23(34)2)33(41)38(3)26-16-27(17-26)43-32-10-8-25(18-37-32)24-7-9-28-29-19-36-12-11-30(29)39(4)31(28)15-24/h7-12,15,18-19,22-23,26-27,40H,5-6,13-14,16-17,20-21H2,1-4H3/t22-,23-,26?,27?,34?,35?/m1/s1. The molecule has 1 aromatic carbocycles. The van der Waals surface area contributed by atoms with E-state index in [0.717, 1.165) is 55.2 Å². The molecule has 8 nitrogen and oxygen atoms in total. The van der Waals surface area contributed by atoms with E-state index in [-0.39, 0.29) is 29.6 Å². The van der Waals surface area contributed by atoms with Crippen LogP contribution in [0, 0.1) is 22.7 Å².